The van der Waals surface area contributed by atoms with Crippen LogP contribution in [0.4, 0.5) is 0 Å². The molecular formula is C11H14N2. The van der Waals surface area contributed by atoms with Crippen LogP contribution in [0.25, 0.3) is 0 Å². The highest BCUT2D eigenvalue weighted by molar-refractivity contribution is 5.20. The minimum Gasteiger partial charge on any atom is -0.264 e. The Kier molecular flexibility index (Phi) is 3.98. The molecule has 1 atom stereocenters. The number of hydrogen-bond acceptors (Lipinski definition) is 2. The molecule has 0 amide bonds. The van der Waals surface area contributed by atoms with Gasteiger partial charge in [0.05, 0.1) is 12.0 Å². The van der Waals surface area contributed by atoms with Gasteiger partial charge in [0.2, 0.25) is 0 Å². The lowest BCUT2D eigenvalue weighted by Crippen LogP contribution is -1.95. The van der Waals surface area contributed by atoms with E-state index in [0.717, 1.165) is 24.8 Å². The molecule has 0 saturated carbocycles. The molecule has 0 radical (unpaired) electrons. The summed E-state index contributed by atoms with van der Waals surface area (Å²) in [5.74, 6) is 0.0219. The van der Waals surface area contributed by atoms with Crippen LogP contribution >= 0.6 is 0 Å². The molecule has 0 saturated heterocycles. The van der Waals surface area contributed by atoms with Crippen molar-refractivity contribution in [2.75, 3.05) is 0 Å². The van der Waals surface area contributed by atoms with Gasteiger partial charge in [0, 0.05) is 12.4 Å². The van der Waals surface area contributed by atoms with E-state index in [2.05, 4.69) is 18.0 Å². The lowest BCUT2D eigenvalue weighted by atomic mass is 9.97. The Morgan fingerprint density at radius 1 is 1.62 bits per heavy atom. The predicted octanol–water partition coefficient (Wildman–Crippen LogP) is 2.88. The molecule has 0 aliphatic carbocycles. The fraction of sp³-hybridized carbons (Fsp3) is 0.455. The quantitative estimate of drug-likeness (QED) is 0.703. The summed E-state index contributed by atoms with van der Waals surface area (Å²) in [6.45, 7) is 2.14. The number of hydrogen-bond donors (Lipinski definition) is 0. The molecule has 0 aliphatic heterocycles. The van der Waals surface area contributed by atoms with E-state index in [1.807, 2.05) is 12.1 Å². The molecule has 13 heavy (non-hydrogen) atoms. The summed E-state index contributed by atoms with van der Waals surface area (Å²) in [6.07, 6.45) is 6.70. The fourth-order valence-corrected chi connectivity index (χ4v) is 1.30. The Morgan fingerprint density at radius 2 is 2.46 bits per heavy atom. The summed E-state index contributed by atoms with van der Waals surface area (Å²) in [7, 11) is 0. The van der Waals surface area contributed by atoms with Gasteiger partial charge in [-0.25, -0.2) is 0 Å². The second kappa shape index (κ2) is 5.31. The monoisotopic (exact) mass is 174 g/mol. The van der Waals surface area contributed by atoms with Gasteiger partial charge >= 0.3 is 0 Å². The van der Waals surface area contributed by atoms with E-state index in [1.54, 1.807) is 12.4 Å². The van der Waals surface area contributed by atoms with E-state index < -0.39 is 0 Å². The lowest BCUT2D eigenvalue weighted by Gasteiger charge is -2.06. The summed E-state index contributed by atoms with van der Waals surface area (Å²) in [5, 5.41) is 8.93. The fourth-order valence-electron chi connectivity index (χ4n) is 1.30. The van der Waals surface area contributed by atoms with Gasteiger partial charge in [0.15, 0.2) is 0 Å². The highest BCUT2D eigenvalue weighted by Crippen LogP contribution is 2.19. The van der Waals surface area contributed by atoms with E-state index >= 15 is 0 Å². The van der Waals surface area contributed by atoms with Crippen molar-refractivity contribution >= 4 is 0 Å². The minimum absolute atomic E-state index is 0.0219. The Labute approximate surface area is 79.2 Å². The third-order valence-corrected chi connectivity index (χ3v) is 2.09. The molecule has 0 N–H and O–H groups in total. The highest BCUT2D eigenvalue weighted by atomic mass is 14.6. The van der Waals surface area contributed by atoms with E-state index in [-0.39, 0.29) is 5.92 Å². The molecule has 0 aliphatic rings. The number of unbranched alkanes of at least 4 members (excludes halogenated alkanes) is 1. The van der Waals surface area contributed by atoms with Gasteiger partial charge in [0.1, 0.15) is 0 Å². The molecule has 1 aromatic rings. The third kappa shape index (κ3) is 2.87. The molecular weight excluding hydrogens is 160 g/mol. The van der Waals surface area contributed by atoms with Crippen LogP contribution in [-0.4, -0.2) is 4.98 Å². The summed E-state index contributed by atoms with van der Waals surface area (Å²) < 4.78 is 0. The van der Waals surface area contributed by atoms with E-state index in [0.29, 0.717) is 0 Å². The first-order valence-corrected chi connectivity index (χ1v) is 4.68. The predicted molar refractivity (Wildman–Crippen MR) is 52.1 cm³/mol. The molecule has 68 valence electrons. The largest absolute Gasteiger partial charge is 0.264 e. The molecule has 1 rings (SSSR count). The van der Waals surface area contributed by atoms with Crippen molar-refractivity contribution in [3.05, 3.63) is 30.1 Å². The van der Waals surface area contributed by atoms with Crippen LogP contribution in [0.5, 0.6) is 0 Å². The van der Waals surface area contributed by atoms with Crippen LogP contribution in [0.3, 0.4) is 0 Å². The van der Waals surface area contributed by atoms with Crippen molar-refractivity contribution in [1.29, 1.82) is 5.26 Å². The summed E-state index contributed by atoms with van der Waals surface area (Å²) in [4.78, 5) is 4.01. The smallest absolute Gasteiger partial charge is 0.0727 e. The van der Waals surface area contributed by atoms with Crippen LogP contribution in [-0.2, 0) is 0 Å². The lowest BCUT2D eigenvalue weighted by molar-refractivity contribution is 0.669. The zero-order valence-corrected chi connectivity index (χ0v) is 7.90. The maximum atomic E-state index is 8.93. The average molecular weight is 174 g/mol. The molecule has 0 spiro atoms. The number of nitrogens with zero attached hydrogens (tertiary/aromatic N) is 2. The topological polar surface area (TPSA) is 36.7 Å². The number of pyridine rings is 1. The van der Waals surface area contributed by atoms with Crippen LogP contribution in [0.1, 0.15) is 37.7 Å². The zero-order valence-electron chi connectivity index (χ0n) is 7.90. The van der Waals surface area contributed by atoms with Crippen molar-refractivity contribution in [2.24, 2.45) is 0 Å². The van der Waals surface area contributed by atoms with Gasteiger partial charge in [-0.2, -0.15) is 5.26 Å². The van der Waals surface area contributed by atoms with Crippen LogP contribution in [0.2, 0.25) is 0 Å². The Bertz CT molecular complexity index is 274. The van der Waals surface area contributed by atoms with Crippen molar-refractivity contribution in [3.8, 4) is 6.07 Å². The van der Waals surface area contributed by atoms with Gasteiger partial charge < -0.3 is 0 Å². The average Bonchev–Trinajstić information content (AvgIpc) is 2.21. The van der Waals surface area contributed by atoms with Crippen molar-refractivity contribution < 1.29 is 0 Å². The van der Waals surface area contributed by atoms with Crippen molar-refractivity contribution in [1.82, 2.24) is 4.98 Å². The molecule has 1 heterocycles. The van der Waals surface area contributed by atoms with Gasteiger partial charge in [-0.05, 0) is 18.1 Å². The number of nitriles is 1. The van der Waals surface area contributed by atoms with Crippen molar-refractivity contribution in [3.63, 3.8) is 0 Å². The standard InChI is InChI=1S/C11H14N2/c1-2-3-5-10(8-12)11-6-4-7-13-9-11/h4,6-7,9-10H,2-3,5H2,1H3. The van der Waals surface area contributed by atoms with Gasteiger partial charge in [-0.1, -0.05) is 25.8 Å². The van der Waals surface area contributed by atoms with Gasteiger partial charge in [0.25, 0.3) is 0 Å². The number of rotatable bonds is 4. The van der Waals surface area contributed by atoms with Crippen LogP contribution < -0.4 is 0 Å². The maximum absolute atomic E-state index is 8.93. The molecule has 1 unspecified atom stereocenters. The van der Waals surface area contributed by atoms with Gasteiger partial charge in [-0.15, -0.1) is 0 Å². The summed E-state index contributed by atoms with van der Waals surface area (Å²) in [6, 6.07) is 6.16. The first kappa shape index (κ1) is 9.73. The summed E-state index contributed by atoms with van der Waals surface area (Å²) in [5.41, 5.74) is 1.04. The maximum Gasteiger partial charge on any atom is 0.0727 e. The summed E-state index contributed by atoms with van der Waals surface area (Å²) >= 11 is 0. The second-order valence-electron chi connectivity index (χ2n) is 3.11. The Balaban J connectivity index is 2.63. The highest BCUT2D eigenvalue weighted by Gasteiger charge is 2.08. The number of aromatic nitrogens is 1. The normalized spacial score (nSPS) is 12.0. The van der Waals surface area contributed by atoms with E-state index in [9.17, 15) is 0 Å². The second-order valence-corrected chi connectivity index (χ2v) is 3.11. The Hall–Kier alpha value is -1.36. The first-order chi connectivity index (χ1) is 6.38. The zero-order chi connectivity index (χ0) is 9.52. The molecule has 1 aromatic heterocycles. The minimum atomic E-state index is 0.0219. The molecule has 2 nitrogen and oxygen atoms in total. The molecule has 0 fully saturated rings. The molecule has 0 aromatic carbocycles. The SMILES string of the molecule is CCCCC(C#N)c1cccnc1. The Morgan fingerprint density at radius 3 is 3.00 bits per heavy atom. The van der Waals surface area contributed by atoms with Crippen molar-refractivity contribution in [2.45, 2.75) is 32.1 Å². The van der Waals surface area contributed by atoms with Crippen LogP contribution in [0, 0.1) is 11.3 Å². The molecule has 0 bridgehead atoms. The van der Waals surface area contributed by atoms with E-state index in [4.69, 9.17) is 5.26 Å². The van der Waals surface area contributed by atoms with E-state index in [1.165, 1.54) is 0 Å². The molecule has 2 heteroatoms. The third-order valence-electron chi connectivity index (χ3n) is 2.09. The van der Waals surface area contributed by atoms with Gasteiger partial charge in [-0.3, -0.25) is 4.98 Å². The van der Waals surface area contributed by atoms with Crippen LogP contribution in [0.15, 0.2) is 24.5 Å². The first-order valence-electron chi connectivity index (χ1n) is 4.68.